The Kier molecular flexibility index (Phi) is 3.82. The lowest BCUT2D eigenvalue weighted by Gasteiger charge is -2.29. The summed E-state index contributed by atoms with van der Waals surface area (Å²) in [6, 6.07) is 6.24. The number of carbonyl (C=O) groups excluding carboxylic acids is 1. The maximum absolute atomic E-state index is 13.0. The van der Waals surface area contributed by atoms with E-state index in [2.05, 4.69) is 11.4 Å². The lowest BCUT2D eigenvalue weighted by molar-refractivity contribution is -0.126. The predicted octanol–water partition coefficient (Wildman–Crippen LogP) is 2.39. The van der Waals surface area contributed by atoms with Gasteiger partial charge in [0.2, 0.25) is 5.91 Å². The van der Waals surface area contributed by atoms with Gasteiger partial charge in [0, 0.05) is 18.9 Å². The van der Waals surface area contributed by atoms with Crippen molar-refractivity contribution in [2.45, 2.75) is 19.8 Å². The first-order valence-electron chi connectivity index (χ1n) is 6.14. The van der Waals surface area contributed by atoms with Crippen LogP contribution in [0.1, 0.15) is 18.4 Å². The van der Waals surface area contributed by atoms with Gasteiger partial charge in [-0.3, -0.25) is 4.79 Å². The molecule has 5 heteroatoms. The average molecular weight is 262 g/mol. The van der Waals surface area contributed by atoms with E-state index in [1.165, 1.54) is 18.2 Å². The number of hydrogen-bond donors (Lipinski definition) is 1. The number of nitriles is 1. The van der Waals surface area contributed by atoms with E-state index in [0.717, 1.165) is 0 Å². The number of amides is 1. The quantitative estimate of drug-likeness (QED) is 0.890. The fraction of sp³-hybridized carbons (Fsp3) is 0.429. The highest BCUT2D eigenvalue weighted by Crippen LogP contribution is 2.31. The molecule has 100 valence electrons. The van der Waals surface area contributed by atoms with Gasteiger partial charge >= 0.3 is 0 Å². The van der Waals surface area contributed by atoms with Gasteiger partial charge < -0.3 is 10.1 Å². The van der Waals surface area contributed by atoms with Crippen molar-refractivity contribution in [2.75, 3.05) is 18.5 Å². The van der Waals surface area contributed by atoms with Gasteiger partial charge in [-0.1, -0.05) is 0 Å². The summed E-state index contributed by atoms with van der Waals surface area (Å²) in [6.45, 7) is 2.52. The summed E-state index contributed by atoms with van der Waals surface area (Å²) in [5.41, 5.74) is 0.125. The van der Waals surface area contributed by atoms with Gasteiger partial charge in [0.25, 0.3) is 0 Å². The maximum atomic E-state index is 13.0. The highest BCUT2D eigenvalue weighted by molar-refractivity contribution is 5.97. The normalized spacial score (nSPS) is 17.5. The summed E-state index contributed by atoms with van der Waals surface area (Å²) in [4.78, 5) is 12.3. The predicted molar refractivity (Wildman–Crippen MR) is 67.9 cm³/mol. The van der Waals surface area contributed by atoms with Gasteiger partial charge in [0.05, 0.1) is 6.07 Å². The van der Waals surface area contributed by atoms with Crippen LogP contribution in [-0.2, 0) is 9.53 Å². The Morgan fingerprint density at radius 3 is 2.74 bits per heavy atom. The van der Waals surface area contributed by atoms with Gasteiger partial charge in [-0.15, -0.1) is 0 Å². The Bertz CT molecular complexity index is 531. The van der Waals surface area contributed by atoms with Crippen molar-refractivity contribution in [1.82, 2.24) is 0 Å². The lowest BCUT2D eigenvalue weighted by atomic mass is 9.81. The molecule has 0 aromatic heterocycles. The Hall–Kier alpha value is -1.93. The standard InChI is InChI=1S/C14H15FN2O2/c1-10-8-11(15)2-3-12(10)17-13(18)14(9-16)4-6-19-7-5-14/h2-3,8H,4-7H2,1H3,(H,17,18). The van der Waals surface area contributed by atoms with Gasteiger partial charge in [-0.25, -0.2) is 4.39 Å². The number of halogens is 1. The van der Waals surface area contributed by atoms with Crippen LogP contribution in [0, 0.1) is 29.5 Å². The topological polar surface area (TPSA) is 62.1 Å². The van der Waals surface area contributed by atoms with Crippen LogP contribution < -0.4 is 5.32 Å². The second-order valence-electron chi connectivity index (χ2n) is 4.72. The Morgan fingerprint density at radius 1 is 1.47 bits per heavy atom. The third-order valence-corrected chi connectivity index (χ3v) is 3.43. The molecule has 19 heavy (non-hydrogen) atoms. The smallest absolute Gasteiger partial charge is 0.245 e. The van der Waals surface area contributed by atoms with Gasteiger partial charge in [-0.05, 0) is 43.5 Å². The summed E-state index contributed by atoms with van der Waals surface area (Å²) in [6.07, 6.45) is 0.769. The molecule has 0 spiro atoms. The number of nitrogens with one attached hydrogen (secondary N) is 1. The molecule has 0 aliphatic carbocycles. The first kappa shape index (κ1) is 13.5. The van der Waals surface area contributed by atoms with Crippen LogP contribution in [-0.4, -0.2) is 19.1 Å². The molecule has 1 N–H and O–H groups in total. The third kappa shape index (κ3) is 2.74. The summed E-state index contributed by atoms with van der Waals surface area (Å²) in [5, 5.41) is 12.0. The molecule has 1 amide bonds. The summed E-state index contributed by atoms with van der Waals surface area (Å²) in [5.74, 6) is -0.690. The molecule has 1 aromatic rings. The van der Waals surface area contributed by atoms with E-state index >= 15 is 0 Å². The first-order valence-corrected chi connectivity index (χ1v) is 6.14. The van der Waals surface area contributed by atoms with Crippen molar-refractivity contribution in [3.8, 4) is 6.07 Å². The number of carbonyl (C=O) groups is 1. The molecular weight excluding hydrogens is 247 g/mol. The van der Waals surface area contributed by atoms with Crippen LogP contribution in [0.25, 0.3) is 0 Å². The number of aryl methyl sites for hydroxylation is 1. The van der Waals surface area contributed by atoms with Crippen molar-refractivity contribution < 1.29 is 13.9 Å². The molecule has 1 saturated heterocycles. The zero-order chi connectivity index (χ0) is 13.9. The van der Waals surface area contributed by atoms with Gasteiger partial charge in [0.1, 0.15) is 11.2 Å². The van der Waals surface area contributed by atoms with Crippen molar-refractivity contribution in [2.24, 2.45) is 5.41 Å². The van der Waals surface area contributed by atoms with E-state index in [1.54, 1.807) is 6.92 Å². The van der Waals surface area contributed by atoms with E-state index < -0.39 is 5.41 Å². The number of hydrogen-bond acceptors (Lipinski definition) is 3. The molecule has 1 aromatic carbocycles. The second-order valence-corrected chi connectivity index (χ2v) is 4.72. The van der Waals surface area contributed by atoms with E-state index in [-0.39, 0.29) is 11.7 Å². The van der Waals surface area contributed by atoms with E-state index in [1.807, 2.05) is 0 Å². The number of benzene rings is 1. The first-order chi connectivity index (χ1) is 9.07. The van der Waals surface area contributed by atoms with Crippen LogP contribution in [0.15, 0.2) is 18.2 Å². The lowest BCUT2D eigenvalue weighted by Crippen LogP contribution is -2.40. The number of anilines is 1. The van der Waals surface area contributed by atoms with Crippen LogP contribution in [0.2, 0.25) is 0 Å². The Balaban J connectivity index is 2.18. The molecule has 0 bridgehead atoms. The minimum absolute atomic E-state index is 0.340. The monoisotopic (exact) mass is 262 g/mol. The SMILES string of the molecule is Cc1cc(F)ccc1NC(=O)C1(C#N)CCOCC1. The zero-order valence-electron chi connectivity index (χ0n) is 10.7. The Morgan fingerprint density at radius 2 is 2.16 bits per heavy atom. The van der Waals surface area contributed by atoms with Gasteiger partial charge in [-0.2, -0.15) is 5.26 Å². The van der Waals surface area contributed by atoms with Gasteiger partial charge in [0.15, 0.2) is 0 Å². The number of rotatable bonds is 2. The van der Waals surface area contributed by atoms with Crippen LogP contribution in [0.4, 0.5) is 10.1 Å². The molecule has 0 unspecified atom stereocenters. The molecule has 1 heterocycles. The minimum atomic E-state index is -1.04. The van der Waals surface area contributed by atoms with E-state index in [9.17, 15) is 14.4 Å². The zero-order valence-corrected chi connectivity index (χ0v) is 10.7. The van der Waals surface area contributed by atoms with E-state index in [4.69, 9.17) is 4.74 Å². The largest absolute Gasteiger partial charge is 0.381 e. The molecule has 2 rings (SSSR count). The Labute approximate surface area is 111 Å². The summed E-state index contributed by atoms with van der Waals surface area (Å²) in [7, 11) is 0. The van der Waals surface area contributed by atoms with Crippen molar-refractivity contribution in [3.05, 3.63) is 29.6 Å². The molecule has 4 nitrogen and oxygen atoms in total. The molecule has 1 aliphatic heterocycles. The average Bonchev–Trinajstić information content (AvgIpc) is 2.42. The van der Waals surface area contributed by atoms with Crippen LogP contribution >= 0.6 is 0 Å². The van der Waals surface area contributed by atoms with Crippen LogP contribution in [0.3, 0.4) is 0 Å². The van der Waals surface area contributed by atoms with Crippen LogP contribution in [0.5, 0.6) is 0 Å². The third-order valence-electron chi connectivity index (χ3n) is 3.43. The van der Waals surface area contributed by atoms with Crippen molar-refractivity contribution in [1.29, 1.82) is 5.26 Å². The van der Waals surface area contributed by atoms with Crippen molar-refractivity contribution >= 4 is 11.6 Å². The molecule has 0 saturated carbocycles. The summed E-state index contributed by atoms with van der Waals surface area (Å²) < 4.78 is 18.2. The second kappa shape index (κ2) is 5.37. The molecule has 1 aliphatic rings. The van der Waals surface area contributed by atoms with E-state index in [0.29, 0.717) is 37.3 Å². The summed E-state index contributed by atoms with van der Waals surface area (Å²) >= 11 is 0. The highest BCUT2D eigenvalue weighted by Gasteiger charge is 2.40. The highest BCUT2D eigenvalue weighted by atomic mass is 19.1. The number of ether oxygens (including phenoxy) is 1. The number of nitrogens with zero attached hydrogens (tertiary/aromatic N) is 1. The fourth-order valence-electron chi connectivity index (χ4n) is 2.12. The molecule has 0 atom stereocenters. The fourth-order valence-corrected chi connectivity index (χ4v) is 2.12. The molecular formula is C14H15FN2O2. The molecule has 1 fully saturated rings. The minimum Gasteiger partial charge on any atom is -0.381 e. The maximum Gasteiger partial charge on any atom is 0.245 e. The molecule has 0 radical (unpaired) electrons. The van der Waals surface area contributed by atoms with Crippen molar-refractivity contribution in [3.63, 3.8) is 0 Å².